The SMILES string of the molecule is C=C(C(=O)NC1CCNCC1)c1c[nH]c2ccccc12. The van der Waals surface area contributed by atoms with Crippen molar-refractivity contribution in [1.29, 1.82) is 0 Å². The summed E-state index contributed by atoms with van der Waals surface area (Å²) in [6, 6.07) is 8.20. The first-order valence-corrected chi connectivity index (χ1v) is 7.02. The van der Waals surface area contributed by atoms with Gasteiger partial charge in [0.15, 0.2) is 0 Å². The number of carbonyl (C=O) groups is 1. The van der Waals surface area contributed by atoms with E-state index in [9.17, 15) is 4.79 Å². The van der Waals surface area contributed by atoms with Gasteiger partial charge in [-0.25, -0.2) is 0 Å². The number of carbonyl (C=O) groups excluding carboxylic acids is 1. The minimum absolute atomic E-state index is 0.0679. The van der Waals surface area contributed by atoms with E-state index in [1.165, 1.54) is 0 Å². The van der Waals surface area contributed by atoms with Crippen LogP contribution in [0, 0.1) is 0 Å². The van der Waals surface area contributed by atoms with Crippen molar-refractivity contribution < 1.29 is 4.79 Å². The van der Waals surface area contributed by atoms with E-state index in [1.807, 2.05) is 30.5 Å². The Bertz CT molecular complexity index is 638. The number of hydrogen-bond donors (Lipinski definition) is 3. The Morgan fingerprint density at radius 1 is 1.25 bits per heavy atom. The molecule has 1 aromatic heterocycles. The van der Waals surface area contributed by atoms with Crippen molar-refractivity contribution >= 4 is 22.4 Å². The molecule has 1 amide bonds. The van der Waals surface area contributed by atoms with Crippen LogP contribution in [0.1, 0.15) is 18.4 Å². The molecule has 2 heterocycles. The van der Waals surface area contributed by atoms with Crippen LogP contribution < -0.4 is 10.6 Å². The van der Waals surface area contributed by atoms with Gasteiger partial charge in [-0.3, -0.25) is 4.79 Å². The molecule has 0 aliphatic carbocycles. The number of piperidine rings is 1. The van der Waals surface area contributed by atoms with Gasteiger partial charge >= 0.3 is 0 Å². The first kappa shape index (κ1) is 12.9. The Labute approximate surface area is 118 Å². The van der Waals surface area contributed by atoms with Crippen LogP contribution in [-0.2, 0) is 4.79 Å². The summed E-state index contributed by atoms with van der Waals surface area (Å²) in [5.74, 6) is -0.0679. The summed E-state index contributed by atoms with van der Waals surface area (Å²) in [6.07, 6.45) is 3.81. The van der Waals surface area contributed by atoms with Crippen LogP contribution in [0.3, 0.4) is 0 Å². The van der Waals surface area contributed by atoms with E-state index in [0.717, 1.165) is 42.4 Å². The molecule has 1 aliphatic rings. The van der Waals surface area contributed by atoms with Crippen LogP contribution in [0.15, 0.2) is 37.0 Å². The Kier molecular flexibility index (Phi) is 3.56. The van der Waals surface area contributed by atoms with Crippen molar-refractivity contribution in [2.45, 2.75) is 18.9 Å². The molecular formula is C16H19N3O. The number of hydrogen-bond acceptors (Lipinski definition) is 2. The standard InChI is InChI=1S/C16H19N3O/c1-11(16(20)19-12-6-8-17-9-7-12)14-10-18-15-5-3-2-4-13(14)15/h2-5,10,12,17-18H,1,6-9H2,(H,19,20). The van der Waals surface area contributed by atoms with Crippen molar-refractivity contribution in [2.24, 2.45) is 0 Å². The number of rotatable bonds is 3. The summed E-state index contributed by atoms with van der Waals surface area (Å²) in [5.41, 5.74) is 2.44. The molecule has 4 nitrogen and oxygen atoms in total. The Morgan fingerprint density at radius 2 is 2.00 bits per heavy atom. The van der Waals surface area contributed by atoms with Gasteiger partial charge in [0.25, 0.3) is 5.91 Å². The fourth-order valence-corrected chi connectivity index (χ4v) is 2.68. The van der Waals surface area contributed by atoms with E-state index in [-0.39, 0.29) is 11.9 Å². The molecule has 1 aliphatic heterocycles. The first-order valence-electron chi connectivity index (χ1n) is 7.02. The van der Waals surface area contributed by atoms with Crippen LogP contribution in [0.2, 0.25) is 0 Å². The molecule has 0 spiro atoms. The quantitative estimate of drug-likeness (QED) is 0.747. The van der Waals surface area contributed by atoms with Gasteiger partial charge < -0.3 is 15.6 Å². The lowest BCUT2D eigenvalue weighted by Gasteiger charge is -2.24. The van der Waals surface area contributed by atoms with Gasteiger partial charge in [0.05, 0.1) is 0 Å². The lowest BCUT2D eigenvalue weighted by Crippen LogP contribution is -2.42. The van der Waals surface area contributed by atoms with Crippen LogP contribution in [0.25, 0.3) is 16.5 Å². The van der Waals surface area contributed by atoms with E-state index in [0.29, 0.717) is 5.57 Å². The van der Waals surface area contributed by atoms with Crippen molar-refractivity contribution in [2.75, 3.05) is 13.1 Å². The lowest BCUT2D eigenvalue weighted by molar-refractivity contribution is -0.116. The predicted molar refractivity (Wildman–Crippen MR) is 81.4 cm³/mol. The molecule has 4 heteroatoms. The molecule has 0 atom stereocenters. The zero-order valence-corrected chi connectivity index (χ0v) is 11.4. The molecule has 3 N–H and O–H groups in total. The van der Waals surface area contributed by atoms with Gasteiger partial charge in [0, 0.05) is 34.3 Å². The summed E-state index contributed by atoms with van der Waals surface area (Å²) < 4.78 is 0. The fourth-order valence-electron chi connectivity index (χ4n) is 2.68. The van der Waals surface area contributed by atoms with Crippen molar-refractivity contribution in [3.63, 3.8) is 0 Å². The second-order valence-electron chi connectivity index (χ2n) is 5.22. The minimum atomic E-state index is -0.0679. The Balaban J connectivity index is 1.76. The molecule has 1 saturated heterocycles. The second-order valence-corrected chi connectivity index (χ2v) is 5.22. The van der Waals surface area contributed by atoms with Crippen molar-refractivity contribution in [3.05, 3.63) is 42.6 Å². The molecule has 0 bridgehead atoms. The first-order chi connectivity index (χ1) is 9.75. The Morgan fingerprint density at radius 3 is 2.80 bits per heavy atom. The van der Waals surface area contributed by atoms with Crippen LogP contribution in [-0.4, -0.2) is 30.0 Å². The highest BCUT2D eigenvalue weighted by molar-refractivity contribution is 6.22. The minimum Gasteiger partial charge on any atom is -0.361 e. The van der Waals surface area contributed by atoms with Crippen LogP contribution in [0.5, 0.6) is 0 Å². The molecule has 0 unspecified atom stereocenters. The van der Waals surface area contributed by atoms with E-state index in [2.05, 4.69) is 22.2 Å². The average Bonchev–Trinajstić information content (AvgIpc) is 2.91. The number of aromatic nitrogens is 1. The highest BCUT2D eigenvalue weighted by Gasteiger charge is 2.19. The van der Waals surface area contributed by atoms with E-state index in [1.54, 1.807) is 0 Å². The summed E-state index contributed by atoms with van der Waals surface area (Å²) in [5, 5.41) is 7.41. The van der Waals surface area contributed by atoms with E-state index >= 15 is 0 Å². The fraction of sp³-hybridized carbons (Fsp3) is 0.312. The van der Waals surface area contributed by atoms with Gasteiger partial charge in [-0.15, -0.1) is 0 Å². The third-order valence-corrected chi connectivity index (χ3v) is 3.86. The highest BCUT2D eigenvalue weighted by atomic mass is 16.1. The molecule has 0 radical (unpaired) electrons. The normalized spacial score (nSPS) is 16.2. The topological polar surface area (TPSA) is 56.9 Å². The highest BCUT2D eigenvalue weighted by Crippen LogP contribution is 2.24. The molecule has 2 aromatic rings. The number of H-pyrrole nitrogens is 1. The lowest BCUT2D eigenvalue weighted by atomic mass is 10.0. The molecule has 3 rings (SSSR count). The molecule has 20 heavy (non-hydrogen) atoms. The molecule has 1 fully saturated rings. The number of nitrogens with one attached hydrogen (secondary N) is 3. The van der Waals surface area contributed by atoms with Gasteiger partial charge in [-0.05, 0) is 32.0 Å². The molecule has 104 valence electrons. The van der Waals surface area contributed by atoms with E-state index < -0.39 is 0 Å². The largest absolute Gasteiger partial charge is 0.361 e. The van der Waals surface area contributed by atoms with Gasteiger partial charge in [-0.2, -0.15) is 0 Å². The summed E-state index contributed by atoms with van der Waals surface area (Å²) in [6.45, 7) is 5.89. The number of fused-ring (bicyclic) bond motifs is 1. The zero-order chi connectivity index (χ0) is 13.9. The maximum atomic E-state index is 12.3. The second kappa shape index (κ2) is 5.51. The Hall–Kier alpha value is -2.07. The molecular weight excluding hydrogens is 250 g/mol. The maximum Gasteiger partial charge on any atom is 0.251 e. The number of para-hydroxylation sites is 1. The van der Waals surface area contributed by atoms with E-state index in [4.69, 9.17) is 0 Å². The third-order valence-electron chi connectivity index (χ3n) is 3.86. The number of amides is 1. The average molecular weight is 269 g/mol. The maximum absolute atomic E-state index is 12.3. The molecule has 1 aromatic carbocycles. The molecule has 0 saturated carbocycles. The predicted octanol–water partition coefficient (Wildman–Crippen LogP) is 2.05. The zero-order valence-electron chi connectivity index (χ0n) is 11.4. The monoisotopic (exact) mass is 269 g/mol. The van der Waals surface area contributed by atoms with Gasteiger partial charge in [0.1, 0.15) is 0 Å². The van der Waals surface area contributed by atoms with Crippen LogP contribution >= 0.6 is 0 Å². The number of benzene rings is 1. The summed E-state index contributed by atoms with van der Waals surface area (Å²) in [7, 11) is 0. The van der Waals surface area contributed by atoms with Gasteiger partial charge in [0.2, 0.25) is 0 Å². The van der Waals surface area contributed by atoms with Gasteiger partial charge in [-0.1, -0.05) is 24.8 Å². The van der Waals surface area contributed by atoms with Crippen molar-refractivity contribution in [3.8, 4) is 0 Å². The number of aromatic amines is 1. The summed E-state index contributed by atoms with van der Waals surface area (Å²) >= 11 is 0. The third kappa shape index (κ3) is 2.47. The van der Waals surface area contributed by atoms with Crippen LogP contribution in [0.4, 0.5) is 0 Å². The van der Waals surface area contributed by atoms with Crippen molar-refractivity contribution in [1.82, 2.24) is 15.6 Å². The smallest absolute Gasteiger partial charge is 0.251 e. The summed E-state index contributed by atoms with van der Waals surface area (Å²) in [4.78, 5) is 15.5.